The number of hydrogen-bond acceptors (Lipinski definition) is 4. The maximum atomic E-state index is 12.1. The van der Waals surface area contributed by atoms with E-state index in [-0.39, 0.29) is 22.4 Å². The predicted molar refractivity (Wildman–Crippen MR) is 88.2 cm³/mol. The Morgan fingerprint density at radius 1 is 1.17 bits per heavy atom. The Kier molecular flexibility index (Phi) is 4.71. The summed E-state index contributed by atoms with van der Waals surface area (Å²) in [4.78, 5) is 22.3. The largest absolute Gasteiger partial charge is 0.421 e. The standard InChI is InChI=1S/C17H16ClNO4/c1-17(2,3)12-7-8-15(14(18)10-12)23-16(20)11-5-4-6-13(9-11)19(21)22/h4-10H,1-3H3. The highest BCUT2D eigenvalue weighted by molar-refractivity contribution is 6.32. The molecule has 0 bridgehead atoms. The molecule has 0 saturated heterocycles. The first-order chi connectivity index (χ1) is 10.7. The van der Waals surface area contributed by atoms with Crippen molar-refractivity contribution in [2.45, 2.75) is 26.2 Å². The van der Waals surface area contributed by atoms with Crippen molar-refractivity contribution in [1.29, 1.82) is 0 Å². The fraction of sp³-hybridized carbons (Fsp3) is 0.235. The number of nitrogens with zero attached hydrogens (tertiary/aromatic N) is 1. The second-order valence-electron chi connectivity index (χ2n) is 6.09. The zero-order valence-corrected chi connectivity index (χ0v) is 13.8. The van der Waals surface area contributed by atoms with Gasteiger partial charge in [0.05, 0.1) is 15.5 Å². The van der Waals surface area contributed by atoms with Crippen LogP contribution in [0.25, 0.3) is 0 Å². The monoisotopic (exact) mass is 333 g/mol. The average Bonchev–Trinajstić information content (AvgIpc) is 2.48. The highest BCUT2D eigenvalue weighted by Gasteiger charge is 2.18. The van der Waals surface area contributed by atoms with E-state index in [9.17, 15) is 14.9 Å². The summed E-state index contributed by atoms with van der Waals surface area (Å²) in [5.41, 5.74) is 0.855. The number of nitro benzene ring substituents is 1. The molecule has 0 radical (unpaired) electrons. The zero-order valence-electron chi connectivity index (χ0n) is 13.0. The molecule has 0 fully saturated rings. The van der Waals surface area contributed by atoms with Crippen LogP contribution in [0.4, 0.5) is 5.69 Å². The van der Waals surface area contributed by atoms with Crippen LogP contribution >= 0.6 is 11.6 Å². The van der Waals surface area contributed by atoms with Gasteiger partial charge in [0.15, 0.2) is 0 Å². The zero-order chi connectivity index (χ0) is 17.2. The molecule has 0 N–H and O–H groups in total. The molecule has 2 aromatic carbocycles. The van der Waals surface area contributed by atoms with Crippen LogP contribution in [0.5, 0.6) is 5.75 Å². The summed E-state index contributed by atoms with van der Waals surface area (Å²) in [6.07, 6.45) is 0. The SMILES string of the molecule is CC(C)(C)c1ccc(OC(=O)c2cccc([N+](=O)[O-])c2)c(Cl)c1. The van der Waals surface area contributed by atoms with Crippen LogP contribution < -0.4 is 4.74 Å². The Balaban J connectivity index is 2.24. The Bertz CT molecular complexity index is 765. The van der Waals surface area contributed by atoms with Crippen molar-refractivity contribution >= 4 is 23.3 Å². The Morgan fingerprint density at radius 2 is 1.87 bits per heavy atom. The van der Waals surface area contributed by atoms with E-state index in [0.29, 0.717) is 5.02 Å². The molecule has 0 spiro atoms. The smallest absolute Gasteiger partial charge is 0.343 e. The minimum Gasteiger partial charge on any atom is -0.421 e. The lowest BCUT2D eigenvalue weighted by Gasteiger charge is -2.19. The van der Waals surface area contributed by atoms with Crippen LogP contribution in [0.3, 0.4) is 0 Å². The Morgan fingerprint density at radius 3 is 2.43 bits per heavy atom. The van der Waals surface area contributed by atoms with Gasteiger partial charge in [-0.2, -0.15) is 0 Å². The molecule has 0 aromatic heterocycles. The number of carbonyl (C=O) groups excluding carboxylic acids is 1. The van der Waals surface area contributed by atoms with Gasteiger partial charge in [0.1, 0.15) is 5.75 Å². The lowest BCUT2D eigenvalue weighted by Crippen LogP contribution is -2.12. The van der Waals surface area contributed by atoms with Gasteiger partial charge in [-0.3, -0.25) is 10.1 Å². The molecule has 0 amide bonds. The fourth-order valence-electron chi connectivity index (χ4n) is 1.96. The second-order valence-corrected chi connectivity index (χ2v) is 6.50. The van der Waals surface area contributed by atoms with Gasteiger partial charge in [0, 0.05) is 12.1 Å². The summed E-state index contributed by atoms with van der Waals surface area (Å²) >= 11 is 6.16. The molecular weight excluding hydrogens is 318 g/mol. The fourth-order valence-corrected chi connectivity index (χ4v) is 2.17. The summed E-state index contributed by atoms with van der Waals surface area (Å²) in [5, 5.41) is 11.1. The summed E-state index contributed by atoms with van der Waals surface area (Å²) in [5.74, 6) is -0.477. The van der Waals surface area contributed by atoms with Gasteiger partial charge in [-0.1, -0.05) is 44.5 Å². The van der Waals surface area contributed by atoms with Gasteiger partial charge >= 0.3 is 5.97 Å². The minimum atomic E-state index is -0.695. The van der Waals surface area contributed by atoms with Crippen LogP contribution in [0, 0.1) is 10.1 Å². The van der Waals surface area contributed by atoms with Crippen LogP contribution in [0.15, 0.2) is 42.5 Å². The van der Waals surface area contributed by atoms with E-state index in [1.165, 1.54) is 24.3 Å². The van der Waals surface area contributed by atoms with Crippen LogP contribution in [0.2, 0.25) is 5.02 Å². The second kappa shape index (κ2) is 6.38. The van der Waals surface area contributed by atoms with Gasteiger partial charge in [0.25, 0.3) is 5.69 Å². The molecule has 0 heterocycles. The van der Waals surface area contributed by atoms with E-state index >= 15 is 0 Å². The number of esters is 1. The average molecular weight is 334 g/mol. The molecular formula is C17H16ClNO4. The van der Waals surface area contributed by atoms with Crippen molar-refractivity contribution in [2.75, 3.05) is 0 Å². The third kappa shape index (κ3) is 4.07. The molecule has 0 aliphatic rings. The highest BCUT2D eigenvalue weighted by atomic mass is 35.5. The number of hydrogen-bond donors (Lipinski definition) is 0. The molecule has 23 heavy (non-hydrogen) atoms. The molecule has 2 rings (SSSR count). The van der Waals surface area contributed by atoms with Gasteiger partial charge in [-0.05, 0) is 29.2 Å². The molecule has 0 atom stereocenters. The number of rotatable bonds is 3. The predicted octanol–water partition coefficient (Wildman–Crippen LogP) is 4.76. The van der Waals surface area contributed by atoms with E-state index in [2.05, 4.69) is 0 Å². The first kappa shape index (κ1) is 17.0. The molecule has 0 aliphatic heterocycles. The molecule has 6 heteroatoms. The minimum absolute atomic E-state index is 0.0772. The van der Waals surface area contributed by atoms with Crippen LogP contribution in [0.1, 0.15) is 36.7 Å². The van der Waals surface area contributed by atoms with Gasteiger partial charge in [-0.15, -0.1) is 0 Å². The van der Waals surface area contributed by atoms with Gasteiger partial charge in [-0.25, -0.2) is 4.79 Å². The number of ether oxygens (including phenoxy) is 1. The summed E-state index contributed by atoms with van der Waals surface area (Å²) in [6.45, 7) is 6.15. The van der Waals surface area contributed by atoms with Crippen LogP contribution in [-0.4, -0.2) is 10.9 Å². The van der Waals surface area contributed by atoms with Crippen molar-refractivity contribution in [1.82, 2.24) is 0 Å². The first-order valence-corrected chi connectivity index (χ1v) is 7.33. The molecule has 0 aliphatic carbocycles. The summed E-state index contributed by atoms with van der Waals surface area (Å²) in [7, 11) is 0. The lowest BCUT2D eigenvalue weighted by atomic mass is 9.87. The topological polar surface area (TPSA) is 69.4 Å². The van der Waals surface area contributed by atoms with Crippen molar-refractivity contribution in [3.63, 3.8) is 0 Å². The van der Waals surface area contributed by atoms with E-state index in [1.54, 1.807) is 12.1 Å². The number of carbonyl (C=O) groups is 1. The van der Waals surface area contributed by atoms with E-state index in [4.69, 9.17) is 16.3 Å². The Labute approximate surface area is 139 Å². The summed E-state index contributed by atoms with van der Waals surface area (Å²) < 4.78 is 5.24. The van der Waals surface area contributed by atoms with Crippen molar-refractivity contribution in [3.05, 3.63) is 68.7 Å². The van der Waals surface area contributed by atoms with E-state index in [0.717, 1.165) is 5.56 Å². The normalized spacial score (nSPS) is 11.1. The number of halogens is 1. The molecule has 5 nitrogen and oxygen atoms in total. The maximum Gasteiger partial charge on any atom is 0.343 e. The third-order valence-corrected chi connectivity index (χ3v) is 3.59. The highest BCUT2D eigenvalue weighted by Crippen LogP contribution is 2.31. The van der Waals surface area contributed by atoms with Crippen LogP contribution in [-0.2, 0) is 5.41 Å². The number of non-ortho nitro benzene ring substituents is 1. The maximum absolute atomic E-state index is 12.1. The molecule has 0 saturated carbocycles. The van der Waals surface area contributed by atoms with E-state index in [1.807, 2.05) is 26.8 Å². The number of benzene rings is 2. The van der Waals surface area contributed by atoms with Crippen molar-refractivity contribution in [2.24, 2.45) is 0 Å². The van der Waals surface area contributed by atoms with Gasteiger partial charge < -0.3 is 4.74 Å². The molecule has 0 unspecified atom stereocenters. The van der Waals surface area contributed by atoms with Crippen molar-refractivity contribution in [3.8, 4) is 5.75 Å². The molecule has 2 aromatic rings. The van der Waals surface area contributed by atoms with Crippen molar-refractivity contribution < 1.29 is 14.5 Å². The van der Waals surface area contributed by atoms with Gasteiger partial charge in [0.2, 0.25) is 0 Å². The quantitative estimate of drug-likeness (QED) is 0.351. The third-order valence-electron chi connectivity index (χ3n) is 3.29. The van der Waals surface area contributed by atoms with E-state index < -0.39 is 10.9 Å². The molecule has 120 valence electrons. The number of nitro groups is 1. The lowest BCUT2D eigenvalue weighted by molar-refractivity contribution is -0.384. The first-order valence-electron chi connectivity index (χ1n) is 6.95. The Hall–Kier alpha value is -2.40. The summed E-state index contributed by atoms with van der Waals surface area (Å²) in [6, 6.07) is 10.6.